The van der Waals surface area contributed by atoms with E-state index in [0.29, 0.717) is 6.54 Å². The van der Waals surface area contributed by atoms with Crippen molar-refractivity contribution in [2.24, 2.45) is 0 Å². The summed E-state index contributed by atoms with van der Waals surface area (Å²) in [5.74, 6) is 0. The van der Waals surface area contributed by atoms with E-state index < -0.39 is 0 Å². The van der Waals surface area contributed by atoms with Crippen LogP contribution in [0.5, 0.6) is 0 Å². The Kier molecular flexibility index (Phi) is 5.87. The summed E-state index contributed by atoms with van der Waals surface area (Å²) in [6.45, 7) is 3.60. The van der Waals surface area contributed by atoms with Crippen LogP contribution < -0.4 is 10.6 Å². The van der Waals surface area contributed by atoms with Crippen LogP contribution in [0.3, 0.4) is 0 Å². The van der Waals surface area contributed by atoms with E-state index in [0.717, 1.165) is 50.2 Å². The molecule has 1 aliphatic heterocycles. The van der Waals surface area contributed by atoms with Crippen molar-refractivity contribution in [1.29, 1.82) is 0 Å². The molecule has 6 nitrogen and oxygen atoms in total. The summed E-state index contributed by atoms with van der Waals surface area (Å²) >= 11 is 0. The zero-order valence-corrected chi connectivity index (χ0v) is 16.1. The van der Waals surface area contributed by atoms with Crippen LogP contribution in [0.15, 0.2) is 60.9 Å². The molecule has 0 atom stereocenters. The molecule has 3 aromatic rings. The predicted molar refractivity (Wildman–Crippen MR) is 110 cm³/mol. The summed E-state index contributed by atoms with van der Waals surface area (Å²) in [7, 11) is 0. The lowest BCUT2D eigenvalue weighted by Gasteiger charge is -2.32. The van der Waals surface area contributed by atoms with Gasteiger partial charge in [-0.2, -0.15) is 0 Å². The first-order valence-corrected chi connectivity index (χ1v) is 9.99. The van der Waals surface area contributed by atoms with Crippen LogP contribution in [0.4, 0.5) is 4.79 Å². The second-order valence-corrected chi connectivity index (χ2v) is 7.38. The van der Waals surface area contributed by atoms with Gasteiger partial charge in [-0.1, -0.05) is 36.4 Å². The number of nitrogens with zero attached hydrogens (tertiary/aromatic N) is 3. The molecule has 3 heterocycles. The molecule has 146 valence electrons. The number of urea groups is 1. The molecular weight excluding hydrogens is 350 g/mol. The lowest BCUT2D eigenvalue weighted by Crippen LogP contribution is -2.48. The number of pyridine rings is 1. The number of aromatic nitrogens is 2. The minimum absolute atomic E-state index is 0.0785. The third-order valence-corrected chi connectivity index (χ3v) is 5.25. The van der Waals surface area contributed by atoms with Crippen molar-refractivity contribution in [1.82, 2.24) is 24.9 Å². The number of rotatable bonds is 6. The first-order valence-electron chi connectivity index (χ1n) is 9.99. The number of carbonyl (C=O) groups excluding carboxylic acids is 1. The highest BCUT2D eigenvalue weighted by Crippen LogP contribution is 2.13. The van der Waals surface area contributed by atoms with Gasteiger partial charge < -0.3 is 15.0 Å². The lowest BCUT2D eigenvalue weighted by molar-refractivity contribution is 0.186. The largest absolute Gasteiger partial charge is 0.338 e. The fourth-order valence-corrected chi connectivity index (χ4v) is 3.73. The number of imidazole rings is 1. The van der Waals surface area contributed by atoms with Gasteiger partial charge in [-0.25, -0.2) is 9.78 Å². The van der Waals surface area contributed by atoms with Gasteiger partial charge in [0.15, 0.2) is 0 Å². The Bertz CT molecular complexity index is 866. The molecule has 1 fully saturated rings. The zero-order valence-electron chi connectivity index (χ0n) is 16.1. The number of amides is 2. The maximum atomic E-state index is 12.2. The first kappa shape index (κ1) is 18.5. The second-order valence-electron chi connectivity index (χ2n) is 7.38. The van der Waals surface area contributed by atoms with Gasteiger partial charge in [0.1, 0.15) is 5.65 Å². The van der Waals surface area contributed by atoms with Crippen LogP contribution in [0, 0.1) is 0 Å². The van der Waals surface area contributed by atoms with Gasteiger partial charge >= 0.3 is 6.03 Å². The van der Waals surface area contributed by atoms with Gasteiger partial charge in [-0.15, -0.1) is 0 Å². The maximum absolute atomic E-state index is 12.2. The molecule has 28 heavy (non-hydrogen) atoms. The van der Waals surface area contributed by atoms with Gasteiger partial charge in [-0.3, -0.25) is 4.90 Å². The minimum atomic E-state index is -0.0785. The first-order chi connectivity index (χ1) is 13.8. The van der Waals surface area contributed by atoms with Crippen molar-refractivity contribution in [2.45, 2.75) is 31.8 Å². The molecule has 0 aliphatic carbocycles. The molecule has 1 aromatic carbocycles. The highest BCUT2D eigenvalue weighted by molar-refractivity contribution is 5.74. The second kappa shape index (κ2) is 8.89. The average Bonchev–Trinajstić information content (AvgIpc) is 3.13. The topological polar surface area (TPSA) is 61.7 Å². The van der Waals surface area contributed by atoms with E-state index in [9.17, 15) is 4.79 Å². The summed E-state index contributed by atoms with van der Waals surface area (Å²) < 4.78 is 2.00. The minimum Gasteiger partial charge on any atom is -0.338 e. The fraction of sp³-hybridized carbons (Fsp3) is 0.364. The van der Waals surface area contributed by atoms with Crippen molar-refractivity contribution in [3.8, 4) is 0 Å². The van der Waals surface area contributed by atoms with E-state index in [1.54, 1.807) is 0 Å². The van der Waals surface area contributed by atoms with Crippen LogP contribution in [0.2, 0.25) is 0 Å². The summed E-state index contributed by atoms with van der Waals surface area (Å²) in [4.78, 5) is 19.2. The number of likely N-dealkylation sites (tertiary alicyclic amines) is 1. The molecule has 0 radical (unpaired) electrons. The number of nitrogens with one attached hydrogen (secondary N) is 2. The molecule has 1 aliphatic rings. The van der Waals surface area contributed by atoms with Crippen molar-refractivity contribution in [3.63, 3.8) is 0 Å². The van der Waals surface area contributed by atoms with Crippen molar-refractivity contribution in [2.75, 3.05) is 19.6 Å². The normalized spacial score (nSPS) is 15.6. The number of hydrogen-bond donors (Lipinski definition) is 2. The Balaban J connectivity index is 1.15. The highest BCUT2D eigenvalue weighted by Gasteiger charge is 2.20. The Morgan fingerprint density at radius 1 is 1.07 bits per heavy atom. The molecule has 0 bridgehead atoms. The van der Waals surface area contributed by atoms with Crippen LogP contribution >= 0.6 is 0 Å². The van der Waals surface area contributed by atoms with Crippen LogP contribution in [0.1, 0.15) is 24.1 Å². The van der Waals surface area contributed by atoms with Gasteiger partial charge in [0, 0.05) is 51.0 Å². The smallest absolute Gasteiger partial charge is 0.315 e. The summed E-state index contributed by atoms with van der Waals surface area (Å²) in [6.07, 6.45) is 6.71. The predicted octanol–water partition coefficient (Wildman–Crippen LogP) is 2.84. The van der Waals surface area contributed by atoms with E-state index in [1.165, 1.54) is 5.56 Å². The third-order valence-electron chi connectivity index (χ3n) is 5.25. The van der Waals surface area contributed by atoms with Crippen molar-refractivity contribution >= 4 is 11.7 Å². The Hall–Kier alpha value is -2.86. The van der Waals surface area contributed by atoms with Gasteiger partial charge in [0.2, 0.25) is 0 Å². The number of piperidine rings is 1. The van der Waals surface area contributed by atoms with Gasteiger partial charge in [0.05, 0.1) is 5.69 Å². The van der Waals surface area contributed by atoms with E-state index in [2.05, 4.69) is 44.8 Å². The van der Waals surface area contributed by atoms with Crippen LogP contribution in [-0.2, 0) is 13.0 Å². The summed E-state index contributed by atoms with van der Waals surface area (Å²) in [5.41, 5.74) is 3.27. The van der Waals surface area contributed by atoms with E-state index in [1.807, 2.05) is 41.1 Å². The molecule has 0 saturated carbocycles. The Morgan fingerprint density at radius 3 is 2.64 bits per heavy atom. The molecule has 1 saturated heterocycles. The average molecular weight is 377 g/mol. The molecule has 4 rings (SSSR count). The fourth-order valence-electron chi connectivity index (χ4n) is 3.73. The maximum Gasteiger partial charge on any atom is 0.315 e. The van der Waals surface area contributed by atoms with Gasteiger partial charge in [0.25, 0.3) is 0 Å². The number of fused-ring (bicyclic) bond motifs is 1. The Morgan fingerprint density at radius 2 is 1.86 bits per heavy atom. The summed E-state index contributed by atoms with van der Waals surface area (Å²) in [6, 6.07) is 16.7. The SMILES string of the molecule is O=C(NCCc1cn2ccccc2n1)NC1CCN(Cc2ccccc2)CC1. The van der Waals surface area contributed by atoms with Gasteiger partial charge in [-0.05, 0) is 30.5 Å². The number of carbonyl (C=O) groups is 1. The highest BCUT2D eigenvalue weighted by atomic mass is 16.2. The lowest BCUT2D eigenvalue weighted by atomic mass is 10.0. The number of benzene rings is 1. The summed E-state index contributed by atoms with van der Waals surface area (Å²) in [5, 5.41) is 6.07. The van der Waals surface area contributed by atoms with Crippen molar-refractivity contribution < 1.29 is 4.79 Å². The quantitative estimate of drug-likeness (QED) is 0.694. The molecule has 0 spiro atoms. The molecule has 2 amide bonds. The van der Waals surface area contributed by atoms with E-state index in [-0.39, 0.29) is 12.1 Å². The standard InChI is InChI=1S/C22H27N5O/c28-22(23-12-9-20-17-27-13-5-4-8-21(27)24-20)25-19-10-14-26(15-11-19)16-18-6-2-1-3-7-18/h1-8,13,17,19H,9-12,14-16H2,(H2,23,25,28). The third kappa shape index (κ3) is 4.89. The van der Waals surface area contributed by atoms with Crippen molar-refractivity contribution in [3.05, 3.63) is 72.2 Å². The monoisotopic (exact) mass is 377 g/mol. The van der Waals surface area contributed by atoms with E-state index in [4.69, 9.17) is 0 Å². The van der Waals surface area contributed by atoms with Crippen LogP contribution in [0.25, 0.3) is 5.65 Å². The molecule has 2 N–H and O–H groups in total. The van der Waals surface area contributed by atoms with Crippen LogP contribution in [-0.4, -0.2) is 46.0 Å². The Labute approximate surface area is 165 Å². The van der Waals surface area contributed by atoms with E-state index >= 15 is 0 Å². The molecule has 2 aromatic heterocycles. The number of hydrogen-bond acceptors (Lipinski definition) is 3. The molecule has 6 heteroatoms. The zero-order chi connectivity index (χ0) is 19.2. The molecule has 0 unspecified atom stereocenters. The molecular formula is C22H27N5O.